The first-order valence-electron chi connectivity index (χ1n) is 5.58. The number of anilines is 1. The fraction of sp³-hybridized carbons (Fsp3) is 0.0714. The molecule has 0 saturated carbocycles. The number of amides is 1. The molecule has 98 valence electrons. The molecule has 0 aliphatic heterocycles. The second kappa shape index (κ2) is 5.84. The molecule has 2 aromatic carbocycles. The summed E-state index contributed by atoms with van der Waals surface area (Å²) in [4.78, 5) is 11.8. The Balaban J connectivity index is 2.10. The Morgan fingerprint density at radius 2 is 2.00 bits per heavy atom. The van der Waals surface area contributed by atoms with Crippen molar-refractivity contribution in [1.29, 1.82) is 0 Å². The molecule has 0 heterocycles. The zero-order valence-corrected chi connectivity index (χ0v) is 11.4. The molecule has 0 aliphatic rings. The van der Waals surface area contributed by atoms with Gasteiger partial charge in [0.2, 0.25) is 5.91 Å². The van der Waals surface area contributed by atoms with Gasteiger partial charge in [0.05, 0.1) is 12.1 Å². The van der Waals surface area contributed by atoms with Gasteiger partial charge in [-0.3, -0.25) is 4.79 Å². The standard InChI is InChI=1S/C14H11BrFNO2/c15-11-5-2-6-12(16)14(11)17-13(19)8-9-3-1-4-10(18)7-9/h1-7,18H,8H2,(H,17,19). The van der Waals surface area contributed by atoms with Crippen molar-refractivity contribution in [3.05, 3.63) is 58.3 Å². The normalized spacial score (nSPS) is 10.2. The number of hydrogen-bond acceptors (Lipinski definition) is 2. The summed E-state index contributed by atoms with van der Waals surface area (Å²) in [5.41, 5.74) is 0.776. The number of rotatable bonds is 3. The van der Waals surface area contributed by atoms with E-state index in [0.717, 1.165) is 0 Å². The summed E-state index contributed by atoms with van der Waals surface area (Å²) < 4.78 is 14.0. The van der Waals surface area contributed by atoms with Gasteiger partial charge < -0.3 is 10.4 Å². The topological polar surface area (TPSA) is 49.3 Å². The number of phenols is 1. The monoisotopic (exact) mass is 323 g/mol. The molecular weight excluding hydrogens is 313 g/mol. The number of aromatic hydroxyl groups is 1. The highest BCUT2D eigenvalue weighted by Crippen LogP contribution is 2.25. The van der Waals surface area contributed by atoms with Crippen molar-refractivity contribution < 1.29 is 14.3 Å². The summed E-state index contributed by atoms with van der Waals surface area (Å²) in [6.45, 7) is 0. The first-order valence-corrected chi connectivity index (χ1v) is 6.37. The minimum Gasteiger partial charge on any atom is -0.508 e. The molecule has 0 bridgehead atoms. The third kappa shape index (κ3) is 3.54. The van der Waals surface area contributed by atoms with Crippen molar-refractivity contribution in [1.82, 2.24) is 0 Å². The number of nitrogens with one attached hydrogen (secondary N) is 1. The van der Waals surface area contributed by atoms with Crippen LogP contribution in [-0.4, -0.2) is 11.0 Å². The number of hydrogen-bond donors (Lipinski definition) is 2. The lowest BCUT2D eigenvalue weighted by atomic mass is 10.1. The van der Waals surface area contributed by atoms with Gasteiger partial charge in [0.1, 0.15) is 11.6 Å². The van der Waals surface area contributed by atoms with Crippen molar-refractivity contribution in [2.75, 3.05) is 5.32 Å². The fourth-order valence-corrected chi connectivity index (χ4v) is 2.09. The molecule has 2 N–H and O–H groups in total. The maximum Gasteiger partial charge on any atom is 0.228 e. The van der Waals surface area contributed by atoms with Crippen LogP contribution in [0.2, 0.25) is 0 Å². The van der Waals surface area contributed by atoms with Gasteiger partial charge in [0.25, 0.3) is 0 Å². The van der Waals surface area contributed by atoms with Crippen molar-refractivity contribution in [3.63, 3.8) is 0 Å². The molecular formula is C14H11BrFNO2. The second-order valence-electron chi connectivity index (χ2n) is 3.99. The van der Waals surface area contributed by atoms with Crippen molar-refractivity contribution >= 4 is 27.5 Å². The largest absolute Gasteiger partial charge is 0.508 e. The third-order valence-electron chi connectivity index (χ3n) is 2.50. The van der Waals surface area contributed by atoms with E-state index in [-0.39, 0.29) is 23.8 Å². The zero-order chi connectivity index (χ0) is 13.8. The van der Waals surface area contributed by atoms with Gasteiger partial charge in [0.15, 0.2) is 0 Å². The lowest BCUT2D eigenvalue weighted by Gasteiger charge is -2.08. The van der Waals surface area contributed by atoms with E-state index >= 15 is 0 Å². The number of carbonyl (C=O) groups excluding carboxylic acids is 1. The predicted octanol–water partition coefficient (Wildman–Crippen LogP) is 3.48. The summed E-state index contributed by atoms with van der Waals surface area (Å²) in [6, 6.07) is 10.9. The summed E-state index contributed by atoms with van der Waals surface area (Å²) in [6.07, 6.45) is 0.0647. The van der Waals surface area contributed by atoms with Crippen LogP contribution in [0.3, 0.4) is 0 Å². The molecule has 1 amide bonds. The first kappa shape index (κ1) is 13.5. The van der Waals surface area contributed by atoms with Crippen molar-refractivity contribution in [2.45, 2.75) is 6.42 Å². The van der Waals surface area contributed by atoms with E-state index in [0.29, 0.717) is 10.0 Å². The second-order valence-corrected chi connectivity index (χ2v) is 4.85. The Morgan fingerprint density at radius 1 is 1.26 bits per heavy atom. The van der Waals surface area contributed by atoms with Gasteiger partial charge in [-0.15, -0.1) is 0 Å². The van der Waals surface area contributed by atoms with Crippen LogP contribution in [0.4, 0.5) is 10.1 Å². The van der Waals surface area contributed by atoms with Crippen LogP contribution in [-0.2, 0) is 11.2 Å². The van der Waals surface area contributed by atoms with Crippen LogP contribution < -0.4 is 5.32 Å². The lowest BCUT2D eigenvalue weighted by molar-refractivity contribution is -0.115. The Bertz CT molecular complexity index is 596. The van der Waals surface area contributed by atoms with Gasteiger partial charge in [-0.05, 0) is 45.8 Å². The van der Waals surface area contributed by atoms with E-state index in [1.807, 2.05) is 0 Å². The van der Waals surface area contributed by atoms with Gasteiger partial charge in [0, 0.05) is 4.47 Å². The molecule has 0 aromatic heterocycles. The summed E-state index contributed by atoms with van der Waals surface area (Å²) in [5.74, 6) is -0.757. The highest BCUT2D eigenvalue weighted by atomic mass is 79.9. The maximum atomic E-state index is 13.5. The van der Waals surface area contributed by atoms with Crippen LogP contribution in [0.1, 0.15) is 5.56 Å². The molecule has 2 aromatic rings. The Kier molecular flexibility index (Phi) is 4.16. The Labute approximate surface area is 118 Å². The summed E-state index contributed by atoms with van der Waals surface area (Å²) in [5, 5.41) is 11.8. The highest BCUT2D eigenvalue weighted by molar-refractivity contribution is 9.10. The number of benzene rings is 2. The van der Waals surface area contributed by atoms with Crippen LogP contribution in [0.25, 0.3) is 0 Å². The van der Waals surface area contributed by atoms with E-state index in [2.05, 4.69) is 21.2 Å². The van der Waals surface area contributed by atoms with Gasteiger partial charge >= 0.3 is 0 Å². The molecule has 5 heteroatoms. The SMILES string of the molecule is O=C(Cc1cccc(O)c1)Nc1c(F)cccc1Br. The molecule has 2 rings (SSSR count). The number of phenolic OH excluding ortho intramolecular Hbond substituents is 1. The van der Waals surface area contributed by atoms with Crippen LogP contribution in [0.5, 0.6) is 5.75 Å². The zero-order valence-electron chi connectivity index (χ0n) is 9.86. The van der Waals surface area contributed by atoms with E-state index in [1.165, 1.54) is 18.2 Å². The molecule has 0 atom stereocenters. The minimum atomic E-state index is -0.501. The van der Waals surface area contributed by atoms with Crippen molar-refractivity contribution in [2.24, 2.45) is 0 Å². The molecule has 0 spiro atoms. The highest BCUT2D eigenvalue weighted by Gasteiger charge is 2.11. The molecule has 0 saturated heterocycles. The van der Waals surface area contributed by atoms with Crippen molar-refractivity contribution in [3.8, 4) is 5.75 Å². The molecule has 3 nitrogen and oxygen atoms in total. The fourth-order valence-electron chi connectivity index (χ4n) is 1.65. The van der Waals surface area contributed by atoms with Crippen LogP contribution in [0, 0.1) is 5.82 Å². The number of halogens is 2. The van der Waals surface area contributed by atoms with Crippen LogP contribution in [0.15, 0.2) is 46.9 Å². The third-order valence-corrected chi connectivity index (χ3v) is 3.16. The minimum absolute atomic E-state index is 0.0647. The maximum absolute atomic E-state index is 13.5. The van der Waals surface area contributed by atoms with Gasteiger partial charge in [-0.1, -0.05) is 18.2 Å². The molecule has 0 aliphatic carbocycles. The van der Waals surface area contributed by atoms with E-state index in [1.54, 1.807) is 24.3 Å². The Hall–Kier alpha value is -1.88. The van der Waals surface area contributed by atoms with E-state index in [9.17, 15) is 14.3 Å². The van der Waals surface area contributed by atoms with Gasteiger partial charge in [-0.2, -0.15) is 0 Å². The molecule has 0 unspecified atom stereocenters. The molecule has 0 fully saturated rings. The van der Waals surface area contributed by atoms with E-state index < -0.39 is 5.82 Å². The van der Waals surface area contributed by atoms with Crippen LogP contribution >= 0.6 is 15.9 Å². The number of carbonyl (C=O) groups is 1. The Morgan fingerprint density at radius 3 is 2.68 bits per heavy atom. The number of para-hydroxylation sites is 1. The average molecular weight is 324 g/mol. The smallest absolute Gasteiger partial charge is 0.228 e. The lowest BCUT2D eigenvalue weighted by Crippen LogP contribution is -2.15. The quantitative estimate of drug-likeness (QED) is 0.908. The molecule has 0 radical (unpaired) electrons. The average Bonchev–Trinajstić information content (AvgIpc) is 2.34. The summed E-state index contributed by atoms with van der Waals surface area (Å²) >= 11 is 3.18. The predicted molar refractivity (Wildman–Crippen MR) is 74.5 cm³/mol. The molecule has 19 heavy (non-hydrogen) atoms. The van der Waals surface area contributed by atoms with Gasteiger partial charge in [-0.25, -0.2) is 4.39 Å². The summed E-state index contributed by atoms with van der Waals surface area (Å²) in [7, 11) is 0. The van der Waals surface area contributed by atoms with E-state index in [4.69, 9.17) is 0 Å². The first-order chi connectivity index (χ1) is 9.06.